The Morgan fingerprint density at radius 3 is 2.58 bits per heavy atom. The van der Waals surface area contributed by atoms with E-state index < -0.39 is 10.6 Å². The van der Waals surface area contributed by atoms with Crippen LogP contribution >= 0.6 is 22.2 Å². The topological polar surface area (TPSA) is 122 Å². The second-order valence-electron chi connectivity index (χ2n) is 9.69. The number of H-pyrrole nitrogens is 1. The maximum absolute atomic E-state index is 15.2. The number of aromatic amines is 1. The van der Waals surface area contributed by atoms with Crippen LogP contribution in [0.15, 0.2) is 24.4 Å². The van der Waals surface area contributed by atoms with Gasteiger partial charge >= 0.3 is 0 Å². The van der Waals surface area contributed by atoms with E-state index in [0.29, 0.717) is 33.9 Å². The van der Waals surface area contributed by atoms with Crippen LogP contribution in [0.1, 0.15) is 42.0 Å². The molecule has 1 atom stereocenters. The first-order valence-corrected chi connectivity index (χ1v) is 14.3. The number of nitrogens with one attached hydrogen (secondary N) is 3. The van der Waals surface area contributed by atoms with Crippen molar-refractivity contribution in [1.29, 1.82) is 0 Å². The van der Waals surface area contributed by atoms with Gasteiger partial charge in [0.05, 0.1) is 17.6 Å². The smallest absolute Gasteiger partial charge is 0.229 e. The van der Waals surface area contributed by atoms with Gasteiger partial charge in [-0.1, -0.05) is 11.6 Å². The average molecular weight is 536 g/mol. The van der Waals surface area contributed by atoms with E-state index in [1.54, 1.807) is 12.1 Å². The quantitative estimate of drug-likeness (QED) is 0.268. The van der Waals surface area contributed by atoms with Crippen LogP contribution in [-0.2, 0) is 0 Å². The maximum atomic E-state index is 15.2. The molecule has 0 amide bonds. The zero-order valence-electron chi connectivity index (χ0n) is 20.3. The third-order valence-corrected chi connectivity index (χ3v) is 9.11. The molecule has 4 heterocycles. The third-order valence-electron chi connectivity index (χ3n) is 7.02. The first kappa shape index (κ1) is 25.2. The molecule has 2 aromatic heterocycles. The molecule has 9 nitrogen and oxygen atoms in total. The molecule has 0 saturated carbocycles. The number of likely N-dealkylation sites (tertiary alicyclic amines) is 1. The van der Waals surface area contributed by atoms with E-state index in [0.717, 1.165) is 49.2 Å². The fourth-order valence-electron chi connectivity index (χ4n) is 5.13. The van der Waals surface area contributed by atoms with E-state index in [2.05, 4.69) is 35.7 Å². The van der Waals surface area contributed by atoms with Gasteiger partial charge in [0.15, 0.2) is 11.6 Å². The number of rotatable bonds is 6. The van der Waals surface area contributed by atoms with Crippen LogP contribution in [0, 0.1) is 19.7 Å². The summed E-state index contributed by atoms with van der Waals surface area (Å²) in [4.78, 5) is 10.9. The maximum Gasteiger partial charge on any atom is 0.229 e. The summed E-state index contributed by atoms with van der Waals surface area (Å²) in [5, 5.41) is 13.3. The Kier molecular flexibility index (Phi) is 7.10. The van der Waals surface area contributed by atoms with E-state index in [4.69, 9.17) is 11.6 Å². The molecule has 2 aliphatic rings. The van der Waals surface area contributed by atoms with Crippen molar-refractivity contribution in [1.82, 2.24) is 25.1 Å². The summed E-state index contributed by atoms with van der Waals surface area (Å²) in [6, 6.07) is 5.48. The summed E-state index contributed by atoms with van der Waals surface area (Å²) in [6.45, 7) is 5.65. The molecule has 5 rings (SSSR count). The molecule has 36 heavy (non-hydrogen) atoms. The van der Waals surface area contributed by atoms with Gasteiger partial charge in [-0.15, -0.1) is 0 Å². The predicted octanol–water partition coefficient (Wildman–Crippen LogP) is 5.80. The number of aryl methyl sites for hydroxylation is 2. The number of hydrogen-bond donors (Lipinski definition) is 5. The first-order valence-electron chi connectivity index (χ1n) is 12.0. The minimum absolute atomic E-state index is 0.219. The number of aromatic nitrogens is 4. The van der Waals surface area contributed by atoms with Gasteiger partial charge in [-0.2, -0.15) is 20.7 Å². The highest BCUT2D eigenvalue weighted by Gasteiger charge is 2.34. The van der Waals surface area contributed by atoms with Crippen molar-refractivity contribution < 1.29 is 13.5 Å². The largest absolute Gasteiger partial charge is 0.322 e. The Balaban J connectivity index is 1.26. The van der Waals surface area contributed by atoms with Crippen molar-refractivity contribution in [2.24, 2.45) is 0 Å². The second kappa shape index (κ2) is 10.1. The number of anilines is 4. The zero-order valence-corrected chi connectivity index (χ0v) is 21.8. The Bertz CT molecular complexity index is 1250. The van der Waals surface area contributed by atoms with Gasteiger partial charge in [-0.25, -0.2) is 9.37 Å². The van der Waals surface area contributed by atoms with Crippen LogP contribution in [0.3, 0.4) is 0 Å². The first-order chi connectivity index (χ1) is 17.2. The van der Waals surface area contributed by atoms with Gasteiger partial charge in [0, 0.05) is 23.6 Å². The highest BCUT2D eigenvalue weighted by molar-refractivity contribution is 8.24. The lowest BCUT2D eigenvalue weighted by Crippen LogP contribution is -2.41. The van der Waals surface area contributed by atoms with Crippen LogP contribution < -0.4 is 10.6 Å². The van der Waals surface area contributed by atoms with E-state index >= 15 is 4.39 Å². The summed E-state index contributed by atoms with van der Waals surface area (Å²) < 4.78 is 35.1. The molecule has 1 aromatic carbocycles. The normalized spacial score (nSPS) is 21.4. The fraction of sp³-hybridized carbons (Fsp3) is 0.458. The highest BCUT2D eigenvalue weighted by atomic mass is 35.5. The monoisotopic (exact) mass is 535 g/mol. The molecule has 0 bridgehead atoms. The number of benzene rings is 1. The molecule has 12 heteroatoms. The van der Waals surface area contributed by atoms with Gasteiger partial charge in [0.25, 0.3) is 0 Å². The van der Waals surface area contributed by atoms with E-state index in [1.807, 2.05) is 19.9 Å². The molecule has 1 unspecified atom stereocenters. The van der Waals surface area contributed by atoms with Crippen molar-refractivity contribution in [2.75, 3.05) is 35.2 Å². The summed E-state index contributed by atoms with van der Waals surface area (Å²) in [7, 11) is -2.40. The third kappa shape index (κ3) is 5.60. The molecule has 0 aliphatic carbocycles. The summed E-state index contributed by atoms with van der Waals surface area (Å²) in [5.41, 5.74) is 3.21. The molecule has 194 valence electrons. The predicted molar refractivity (Wildman–Crippen MR) is 143 cm³/mol. The van der Waals surface area contributed by atoms with E-state index in [1.165, 1.54) is 6.20 Å². The zero-order chi connectivity index (χ0) is 25.4. The van der Waals surface area contributed by atoms with Gasteiger partial charge in [-0.3, -0.25) is 19.1 Å². The summed E-state index contributed by atoms with van der Waals surface area (Å²) in [6.07, 6.45) is 4.14. The van der Waals surface area contributed by atoms with Crippen LogP contribution in [-0.4, -0.2) is 64.8 Å². The Morgan fingerprint density at radius 2 is 1.92 bits per heavy atom. The summed E-state index contributed by atoms with van der Waals surface area (Å²) in [5.74, 6) is 2.05. The molecule has 0 radical (unpaired) electrons. The lowest BCUT2D eigenvalue weighted by atomic mass is 9.86. The molecule has 2 aliphatic heterocycles. The lowest BCUT2D eigenvalue weighted by molar-refractivity contribution is 0.164. The van der Waals surface area contributed by atoms with Crippen molar-refractivity contribution in [3.05, 3.63) is 52.1 Å². The standard InChI is InChI=1S/C24H31ClFN7O2S/c1-14-9-21(28-24-27-12-19(25)23(30-24)29-22-10-15(2)31-32-22)20(26)11-18(14)16-3-6-33(7-4-16)17-5-8-36(34,35)13-17/h9-12,16-17,34-35H,3-8,13H2,1-2H3,(H3,27,28,29,30,31,32). The Morgan fingerprint density at radius 1 is 1.14 bits per heavy atom. The molecular weight excluding hydrogens is 505 g/mol. The number of piperidine rings is 1. The highest BCUT2D eigenvalue weighted by Crippen LogP contribution is 2.48. The number of halogens is 2. The molecule has 5 N–H and O–H groups in total. The number of nitrogens with zero attached hydrogens (tertiary/aromatic N) is 4. The molecule has 3 aromatic rings. The fourth-order valence-corrected chi connectivity index (χ4v) is 7.08. The summed E-state index contributed by atoms with van der Waals surface area (Å²) >= 11 is 6.23. The Labute approximate surface area is 216 Å². The molecule has 0 spiro atoms. The van der Waals surface area contributed by atoms with Gasteiger partial charge < -0.3 is 10.6 Å². The van der Waals surface area contributed by atoms with Gasteiger partial charge in [-0.05, 0) is 75.4 Å². The van der Waals surface area contributed by atoms with Crippen molar-refractivity contribution in [2.45, 2.75) is 45.1 Å². The van der Waals surface area contributed by atoms with Crippen LogP contribution in [0.5, 0.6) is 0 Å². The minimum atomic E-state index is -2.40. The Hall–Kier alpha value is -2.44. The van der Waals surface area contributed by atoms with Crippen LogP contribution in [0.2, 0.25) is 5.02 Å². The molecular formula is C24H31ClFN7O2S. The number of hydrogen-bond acceptors (Lipinski definition) is 8. The van der Waals surface area contributed by atoms with Crippen molar-refractivity contribution in [3.63, 3.8) is 0 Å². The van der Waals surface area contributed by atoms with Crippen LogP contribution in [0.4, 0.5) is 27.7 Å². The minimum Gasteiger partial charge on any atom is -0.322 e. The van der Waals surface area contributed by atoms with E-state index in [-0.39, 0.29) is 23.7 Å². The lowest BCUT2D eigenvalue weighted by Gasteiger charge is -2.37. The second-order valence-corrected chi connectivity index (χ2v) is 12.4. The van der Waals surface area contributed by atoms with Crippen molar-refractivity contribution >= 4 is 45.5 Å². The molecule has 2 saturated heterocycles. The van der Waals surface area contributed by atoms with Gasteiger partial charge in [0.1, 0.15) is 10.8 Å². The van der Waals surface area contributed by atoms with Crippen LogP contribution in [0.25, 0.3) is 0 Å². The van der Waals surface area contributed by atoms with Gasteiger partial charge in [0.2, 0.25) is 5.95 Å². The SMILES string of the molecule is Cc1cc(Nc2nc(Nc3cc(C)c(C4CCN(C5CCS(O)(O)C5)CC4)cc3F)ncc2Cl)n[nH]1. The van der Waals surface area contributed by atoms with Crippen molar-refractivity contribution in [3.8, 4) is 0 Å². The van der Waals surface area contributed by atoms with E-state index in [9.17, 15) is 9.11 Å². The average Bonchev–Trinajstić information content (AvgIpc) is 3.42. The molecule has 2 fully saturated rings.